The highest BCUT2D eigenvalue weighted by Crippen LogP contribution is 2.47. The van der Waals surface area contributed by atoms with Crippen LogP contribution in [0.5, 0.6) is 0 Å². The lowest BCUT2D eigenvalue weighted by molar-refractivity contribution is -0.136. The summed E-state index contributed by atoms with van der Waals surface area (Å²) in [5.74, 6) is 2.20. The van der Waals surface area contributed by atoms with Gasteiger partial charge in [0.2, 0.25) is 5.91 Å². The Hall–Kier alpha value is -2.31. The number of carbonyl (C=O) groups excluding carboxylic acids is 1. The maximum atomic E-state index is 13.2. The molecular weight excluding hydrogens is 410 g/mol. The van der Waals surface area contributed by atoms with E-state index in [2.05, 4.69) is 49.8 Å². The number of amides is 1. The summed E-state index contributed by atoms with van der Waals surface area (Å²) in [7, 11) is 0. The molecule has 0 spiro atoms. The summed E-state index contributed by atoms with van der Waals surface area (Å²) < 4.78 is 0. The first-order valence-corrected chi connectivity index (χ1v) is 12.8. The summed E-state index contributed by atoms with van der Waals surface area (Å²) in [6, 6.07) is 7.89. The minimum absolute atomic E-state index is 0.302. The van der Waals surface area contributed by atoms with Crippen molar-refractivity contribution in [1.82, 2.24) is 24.7 Å². The van der Waals surface area contributed by atoms with Gasteiger partial charge in [-0.25, -0.2) is 9.97 Å². The average molecular weight is 446 g/mol. The third kappa shape index (κ3) is 4.19. The summed E-state index contributed by atoms with van der Waals surface area (Å²) in [5, 5.41) is 0. The van der Waals surface area contributed by atoms with E-state index in [0.717, 1.165) is 62.6 Å². The molecule has 1 amide bonds. The van der Waals surface area contributed by atoms with Gasteiger partial charge in [-0.1, -0.05) is 24.6 Å². The Morgan fingerprint density at radius 1 is 1.03 bits per heavy atom. The third-order valence-corrected chi connectivity index (χ3v) is 8.71. The summed E-state index contributed by atoms with van der Waals surface area (Å²) in [5.41, 5.74) is 4.94. The predicted octanol–water partition coefficient (Wildman–Crippen LogP) is 3.22. The number of hydrogen-bond donors (Lipinski definition) is 0. The third-order valence-electron chi connectivity index (χ3n) is 8.71. The first-order chi connectivity index (χ1) is 16.1. The van der Waals surface area contributed by atoms with Crippen molar-refractivity contribution in [3.63, 3.8) is 0 Å². The van der Waals surface area contributed by atoms with Gasteiger partial charge in [-0.15, -0.1) is 0 Å². The molecule has 1 aromatic carbocycles. The fourth-order valence-corrected chi connectivity index (χ4v) is 6.97. The Kier molecular flexibility index (Phi) is 5.67. The highest BCUT2D eigenvalue weighted by molar-refractivity contribution is 5.78. The van der Waals surface area contributed by atoms with Crippen LogP contribution in [0.2, 0.25) is 0 Å². The molecule has 4 atom stereocenters. The molecule has 2 aliphatic heterocycles. The van der Waals surface area contributed by atoms with E-state index in [4.69, 9.17) is 0 Å². The number of hydrogen-bond acceptors (Lipinski definition) is 5. The van der Waals surface area contributed by atoms with Crippen LogP contribution in [0.4, 0.5) is 0 Å². The topological polar surface area (TPSA) is 52.6 Å². The van der Waals surface area contributed by atoms with E-state index in [9.17, 15) is 4.79 Å². The van der Waals surface area contributed by atoms with Gasteiger partial charge in [-0.2, -0.15) is 0 Å². The number of carbonyl (C=O) groups is 1. The Morgan fingerprint density at radius 3 is 2.67 bits per heavy atom. The van der Waals surface area contributed by atoms with Crippen molar-refractivity contribution in [3.05, 3.63) is 48.0 Å². The smallest absolute Gasteiger partial charge is 0.236 e. The van der Waals surface area contributed by atoms with Crippen molar-refractivity contribution >= 4 is 5.91 Å². The molecular formula is C27H35N5O. The molecule has 0 N–H and O–H groups in total. The maximum Gasteiger partial charge on any atom is 0.236 e. The van der Waals surface area contributed by atoms with E-state index in [0.29, 0.717) is 18.5 Å². The van der Waals surface area contributed by atoms with Crippen LogP contribution in [0.15, 0.2) is 36.9 Å². The van der Waals surface area contributed by atoms with Crippen LogP contribution >= 0.6 is 0 Å². The lowest BCUT2D eigenvalue weighted by atomic mass is 9.92. The van der Waals surface area contributed by atoms with Crippen LogP contribution in [-0.4, -0.2) is 75.4 Å². The summed E-state index contributed by atoms with van der Waals surface area (Å²) in [6.45, 7) is 7.49. The maximum absolute atomic E-state index is 13.2. The van der Waals surface area contributed by atoms with Gasteiger partial charge in [-0.05, 0) is 61.1 Å². The fourth-order valence-electron chi connectivity index (χ4n) is 6.97. The molecule has 6 rings (SSSR count). The summed E-state index contributed by atoms with van der Waals surface area (Å²) in [6.07, 6.45) is 12.0. The van der Waals surface area contributed by atoms with Gasteiger partial charge in [-0.3, -0.25) is 14.6 Å². The average Bonchev–Trinajstić information content (AvgIpc) is 3.48. The second-order valence-corrected chi connectivity index (χ2v) is 10.7. The van der Waals surface area contributed by atoms with E-state index in [1.54, 1.807) is 6.33 Å². The highest BCUT2D eigenvalue weighted by atomic mass is 16.2. The minimum Gasteiger partial charge on any atom is -0.339 e. The van der Waals surface area contributed by atoms with E-state index in [1.165, 1.54) is 42.4 Å². The molecule has 6 nitrogen and oxygen atoms in total. The van der Waals surface area contributed by atoms with E-state index < -0.39 is 0 Å². The lowest BCUT2D eigenvalue weighted by Gasteiger charge is -2.45. The quantitative estimate of drug-likeness (QED) is 0.723. The van der Waals surface area contributed by atoms with Crippen LogP contribution in [0.1, 0.15) is 43.7 Å². The zero-order valence-corrected chi connectivity index (χ0v) is 19.7. The van der Waals surface area contributed by atoms with Gasteiger partial charge in [0, 0.05) is 62.8 Å². The molecule has 3 heterocycles. The Balaban J connectivity index is 1.04. The number of piperazine rings is 1. The van der Waals surface area contributed by atoms with Gasteiger partial charge in [0.15, 0.2) is 0 Å². The number of aromatic nitrogens is 2. The van der Waals surface area contributed by atoms with E-state index in [-0.39, 0.29) is 0 Å². The molecule has 4 aliphatic rings. The van der Waals surface area contributed by atoms with E-state index >= 15 is 0 Å². The number of nitrogens with zero attached hydrogens (tertiary/aromatic N) is 5. The highest BCUT2D eigenvalue weighted by Gasteiger charge is 2.44. The Bertz CT molecular complexity index is 1010. The molecule has 0 radical (unpaired) electrons. The standard InChI is InChI=1S/C27H35N5O/c1-19-15-31(8-9-32(19)26-11-20-2-3-23(26)10-20)27(33)17-30-7-6-22-12-21(4-5-24(22)16-30)25-13-28-18-29-14-25/h4-5,12-14,18-20,23,26H,2-3,6-11,15-17H2,1H3/t19-,20+,23+,26?/m0/s1. The zero-order chi connectivity index (χ0) is 22.4. The molecule has 174 valence electrons. The molecule has 1 aromatic heterocycles. The first kappa shape index (κ1) is 21.2. The largest absolute Gasteiger partial charge is 0.339 e. The van der Waals surface area contributed by atoms with Gasteiger partial charge in [0.25, 0.3) is 0 Å². The van der Waals surface area contributed by atoms with Crippen molar-refractivity contribution in [2.45, 2.75) is 57.7 Å². The first-order valence-electron chi connectivity index (χ1n) is 12.8. The summed E-state index contributed by atoms with van der Waals surface area (Å²) >= 11 is 0. The zero-order valence-electron chi connectivity index (χ0n) is 19.7. The normalized spacial score (nSPS) is 29.9. The predicted molar refractivity (Wildman–Crippen MR) is 128 cm³/mol. The molecule has 6 heteroatoms. The summed E-state index contributed by atoms with van der Waals surface area (Å²) in [4.78, 5) is 28.6. The lowest BCUT2D eigenvalue weighted by Crippen LogP contribution is -2.58. The Labute approximate surface area is 197 Å². The number of fused-ring (bicyclic) bond motifs is 3. The van der Waals surface area contributed by atoms with Crippen LogP contribution in [-0.2, 0) is 17.8 Å². The van der Waals surface area contributed by atoms with Crippen LogP contribution < -0.4 is 0 Å². The molecule has 2 saturated carbocycles. The fraction of sp³-hybridized carbons (Fsp3) is 0.593. The van der Waals surface area contributed by atoms with Gasteiger partial charge in [0.05, 0.1) is 6.54 Å². The van der Waals surface area contributed by atoms with Crippen molar-refractivity contribution in [3.8, 4) is 11.1 Å². The molecule has 2 aromatic rings. The Morgan fingerprint density at radius 2 is 1.91 bits per heavy atom. The molecule has 2 aliphatic carbocycles. The van der Waals surface area contributed by atoms with Crippen LogP contribution in [0, 0.1) is 11.8 Å². The molecule has 1 saturated heterocycles. The number of benzene rings is 1. The number of rotatable bonds is 4. The van der Waals surface area contributed by atoms with Crippen molar-refractivity contribution < 1.29 is 4.79 Å². The van der Waals surface area contributed by atoms with Crippen molar-refractivity contribution in [2.75, 3.05) is 32.7 Å². The van der Waals surface area contributed by atoms with Crippen molar-refractivity contribution in [1.29, 1.82) is 0 Å². The van der Waals surface area contributed by atoms with Gasteiger partial charge >= 0.3 is 0 Å². The molecule has 33 heavy (non-hydrogen) atoms. The van der Waals surface area contributed by atoms with Crippen LogP contribution in [0.3, 0.4) is 0 Å². The molecule has 1 unspecified atom stereocenters. The van der Waals surface area contributed by atoms with Crippen molar-refractivity contribution in [2.24, 2.45) is 11.8 Å². The van der Waals surface area contributed by atoms with Crippen LogP contribution in [0.25, 0.3) is 11.1 Å². The second-order valence-electron chi connectivity index (χ2n) is 10.7. The van der Waals surface area contributed by atoms with Gasteiger partial charge < -0.3 is 4.90 Å². The van der Waals surface area contributed by atoms with E-state index in [1.807, 2.05) is 12.4 Å². The monoisotopic (exact) mass is 445 g/mol. The second kappa shape index (κ2) is 8.80. The minimum atomic E-state index is 0.302. The molecule has 2 bridgehead atoms. The SMILES string of the molecule is C[C@H]1CN(C(=O)CN2CCc3cc(-c4cncnc4)ccc3C2)CCN1C1C[C@@H]2CC[C@@H]1C2. The molecule has 3 fully saturated rings. The van der Waals surface area contributed by atoms with Gasteiger partial charge in [0.1, 0.15) is 6.33 Å².